The topological polar surface area (TPSA) is 169 Å². The number of Topliss-reactive ketones (excluding diaryl/α,β-unsaturated/α-hetero) is 1. The zero-order valence-electron chi connectivity index (χ0n) is 39.7. The van der Waals surface area contributed by atoms with Gasteiger partial charge in [-0.1, -0.05) is 132 Å². The number of quaternary nitrogens is 1. The quantitative estimate of drug-likeness (QED) is 0.0198. The third-order valence-electron chi connectivity index (χ3n) is 10.9. The van der Waals surface area contributed by atoms with Crippen molar-refractivity contribution in [2.45, 2.75) is 180 Å². The minimum absolute atomic E-state index is 0.0369. The molecule has 1 aliphatic rings. The van der Waals surface area contributed by atoms with Crippen LogP contribution < -0.4 is 4.89 Å². The summed E-state index contributed by atoms with van der Waals surface area (Å²) in [5.41, 5.74) is 0. The molecule has 1 aliphatic carbocycles. The lowest BCUT2D eigenvalue weighted by Crippen LogP contribution is -2.37. The highest BCUT2D eigenvalue weighted by atomic mass is 31.2. The van der Waals surface area contributed by atoms with Crippen molar-refractivity contribution in [3.05, 3.63) is 60.8 Å². The van der Waals surface area contributed by atoms with E-state index in [0.717, 1.165) is 70.6 Å². The molecular weight excluding hydrogens is 822 g/mol. The lowest BCUT2D eigenvalue weighted by Gasteiger charge is -2.28. The van der Waals surface area contributed by atoms with E-state index in [9.17, 15) is 34.1 Å². The van der Waals surface area contributed by atoms with E-state index in [0.29, 0.717) is 43.1 Å². The monoisotopic (exact) mass is 908 g/mol. The number of likely N-dealkylation sites (N-methyl/N-ethyl adjacent to an activating group) is 1. The van der Waals surface area contributed by atoms with E-state index >= 15 is 0 Å². The minimum atomic E-state index is -4.71. The summed E-state index contributed by atoms with van der Waals surface area (Å²) in [6.45, 7) is 3.77. The molecule has 0 radical (unpaired) electrons. The number of nitrogens with zero attached hydrogens (tertiary/aromatic N) is 1. The number of phosphoric acid groups is 1. The first-order chi connectivity index (χ1) is 30.2. The van der Waals surface area contributed by atoms with Crippen molar-refractivity contribution in [2.24, 2.45) is 11.8 Å². The molecular formula is C50H86NO11P. The number of allylic oxidation sites excluding steroid dienone is 8. The Morgan fingerprint density at radius 1 is 0.762 bits per heavy atom. The number of rotatable bonds is 39. The summed E-state index contributed by atoms with van der Waals surface area (Å²) >= 11 is 0. The Balaban J connectivity index is 2.46. The summed E-state index contributed by atoms with van der Waals surface area (Å²) in [6.07, 6.45) is 37.2. The lowest BCUT2D eigenvalue weighted by molar-refractivity contribution is -0.870. The Hall–Kier alpha value is -2.70. The van der Waals surface area contributed by atoms with Gasteiger partial charge in [0.25, 0.3) is 7.82 Å². The molecule has 1 saturated carbocycles. The van der Waals surface area contributed by atoms with Gasteiger partial charge in [-0.25, -0.2) is 0 Å². The van der Waals surface area contributed by atoms with Crippen LogP contribution in [0.4, 0.5) is 0 Å². The molecule has 0 heterocycles. The van der Waals surface area contributed by atoms with Crippen LogP contribution >= 0.6 is 7.82 Å². The van der Waals surface area contributed by atoms with Gasteiger partial charge in [-0.3, -0.25) is 18.9 Å². The normalized spacial score (nSPS) is 19.3. The molecule has 0 bridgehead atoms. The number of hydrogen-bond donors (Lipinski definition) is 2. The number of aliphatic hydroxyl groups excluding tert-OH is 2. The maximum atomic E-state index is 12.8. The number of aliphatic hydroxyl groups is 2. The Morgan fingerprint density at radius 3 is 1.94 bits per heavy atom. The van der Waals surface area contributed by atoms with Crippen LogP contribution in [-0.2, 0) is 37.5 Å². The SMILES string of the molecule is CCCCC/C=C\C/C=C\C/C=C\C/C=C\CCCCCC(=O)OC[C@H](COP(=O)([O-])OCC[N+](C)(C)C)OC(=O)CCCCCC[C@H]1C(=O)C[C@@H](O)[C@@H]1/C=C/[C@@H](O)CCCCC. The Bertz CT molecular complexity index is 1420. The minimum Gasteiger partial charge on any atom is -0.756 e. The molecule has 362 valence electrons. The van der Waals surface area contributed by atoms with Crippen molar-refractivity contribution < 1.29 is 57.1 Å². The van der Waals surface area contributed by atoms with Gasteiger partial charge >= 0.3 is 11.9 Å². The second kappa shape index (κ2) is 36.5. The third kappa shape index (κ3) is 33.4. The van der Waals surface area contributed by atoms with E-state index in [1.165, 1.54) is 25.7 Å². The van der Waals surface area contributed by atoms with Gasteiger partial charge in [-0.2, -0.15) is 0 Å². The number of hydrogen-bond acceptors (Lipinski definition) is 11. The molecule has 13 heteroatoms. The van der Waals surface area contributed by atoms with E-state index in [1.807, 2.05) is 27.2 Å². The van der Waals surface area contributed by atoms with Crippen LogP contribution in [0.5, 0.6) is 0 Å². The van der Waals surface area contributed by atoms with Gasteiger partial charge in [0, 0.05) is 31.1 Å². The number of carbonyl (C=O) groups excluding carboxylic acids is 3. The van der Waals surface area contributed by atoms with E-state index in [-0.39, 0.29) is 50.1 Å². The van der Waals surface area contributed by atoms with Gasteiger partial charge in [0.15, 0.2) is 6.10 Å². The van der Waals surface area contributed by atoms with Gasteiger partial charge in [0.05, 0.1) is 40.0 Å². The Labute approximate surface area is 381 Å². The maximum absolute atomic E-state index is 12.8. The van der Waals surface area contributed by atoms with Gasteiger partial charge in [0.2, 0.25) is 0 Å². The molecule has 63 heavy (non-hydrogen) atoms. The summed E-state index contributed by atoms with van der Waals surface area (Å²) in [7, 11) is 0.992. The van der Waals surface area contributed by atoms with Gasteiger partial charge < -0.3 is 38.1 Å². The molecule has 0 spiro atoms. The molecule has 12 nitrogen and oxygen atoms in total. The van der Waals surface area contributed by atoms with Crippen LogP contribution in [0.1, 0.15) is 162 Å². The first-order valence-electron chi connectivity index (χ1n) is 24.1. The second-order valence-electron chi connectivity index (χ2n) is 17.9. The number of phosphoric ester groups is 1. The van der Waals surface area contributed by atoms with Crippen LogP contribution in [0.3, 0.4) is 0 Å². The Morgan fingerprint density at radius 2 is 1.32 bits per heavy atom. The van der Waals surface area contributed by atoms with Gasteiger partial charge in [-0.05, 0) is 70.6 Å². The summed E-state index contributed by atoms with van der Waals surface area (Å²) in [5, 5.41) is 20.8. The molecule has 0 saturated heterocycles. The predicted octanol–water partition coefficient (Wildman–Crippen LogP) is 9.98. The highest BCUT2D eigenvalue weighted by Crippen LogP contribution is 2.38. The maximum Gasteiger partial charge on any atom is 0.306 e. The highest BCUT2D eigenvalue weighted by Gasteiger charge is 2.39. The van der Waals surface area contributed by atoms with Crippen LogP contribution in [0.15, 0.2) is 60.8 Å². The smallest absolute Gasteiger partial charge is 0.306 e. The van der Waals surface area contributed by atoms with Crippen LogP contribution in [0.2, 0.25) is 0 Å². The van der Waals surface area contributed by atoms with E-state index < -0.39 is 44.7 Å². The first-order valence-corrected chi connectivity index (χ1v) is 25.6. The van der Waals surface area contributed by atoms with Crippen molar-refractivity contribution in [1.29, 1.82) is 0 Å². The Kier molecular flexibility index (Phi) is 33.8. The van der Waals surface area contributed by atoms with Gasteiger partial charge in [-0.15, -0.1) is 0 Å². The van der Waals surface area contributed by atoms with Crippen molar-refractivity contribution >= 4 is 25.5 Å². The van der Waals surface area contributed by atoms with Gasteiger partial charge in [0.1, 0.15) is 25.5 Å². The summed E-state index contributed by atoms with van der Waals surface area (Å²) in [5.74, 6) is -1.60. The van der Waals surface area contributed by atoms with Crippen molar-refractivity contribution in [2.75, 3.05) is 47.5 Å². The highest BCUT2D eigenvalue weighted by molar-refractivity contribution is 7.45. The fourth-order valence-corrected chi connectivity index (χ4v) is 7.79. The predicted molar refractivity (Wildman–Crippen MR) is 250 cm³/mol. The lowest BCUT2D eigenvalue weighted by atomic mass is 9.88. The first kappa shape index (κ1) is 58.3. The number of ether oxygens (including phenoxy) is 2. The molecule has 0 aromatic heterocycles. The summed E-state index contributed by atoms with van der Waals surface area (Å²) in [6, 6.07) is 0. The second-order valence-corrected chi connectivity index (χ2v) is 19.3. The zero-order chi connectivity index (χ0) is 46.6. The van der Waals surface area contributed by atoms with E-state index in [1.54, 1.807) is 6.08 Å². The molecule has 1 rings (SSSR count). The molecule has 0 aromatic carbocycles. The summed E-state index contributed by atoms with van der Waals surface area (Å²) in [4.78, 5) is 50.5. The van der Waals surface area contributed by atoms with E-state index in [2.05, 4.69) is 62.5 Å². The molecule has 2 N–H and O–H groups in total. The molecule has 0 aromatic rings. The van der Waals surface area contributed by atoms with Crippen molar-refractivity contribution in [3.63, 3.8) is 0 Å². The third-order valence-corrected chi connectivity index (χ3v) is 11.9. The van der Waals surface area contributed by atoms with Crippen molar-refractivity contribution in [3.8, 4) is 0 Å². The van der Waals surface area contributed by atoms with Crippen molar-refractivity contribution in [1.82, 2.24) is 0 Å². The standard InChI is InChI=1S/C50H86NO11P/c1-6-8-10-11-12-13-14-15-16-17-18-19-20-21-22-23-24-25-30-34-49(55)59-41-44(42-61-63(57,58)60-39-38-51(3,4)5)62-50(56)35-31-27-26-29-33-45-46(48(54)40-47(45)53)37-36-43(52)32-28-9-7-2/h12-13,15-16,18-19,21-22,36-37,43-46,48,52,54H,6-11,14,17,20,23-35,38-42H2,1-5H3/b13-12-,16-15-,19-18-,22-21-,37-36+/t43-,44+,45+,46+,48+/m0/s1. The number of esters is 2. The molecule has 1 unspecified atom stereocenters. The summed E-state index contributed by atoms with van der Waals surface area (Å²) < 4.78 is 33.9. The van der Waals surface area contributed by atoms with Crippen LogP contribution in [-0.4, -0.2) is 98.2 Å². The average Bonchev–Trinajstić information content (AvgIpc) is 3.50. The number of carbonyl (C=O) groups is 3. The molecule has 6 atom stereocenters. The molecule has 0 aliphatic heterocycles. The van der Waals surface area contributed by atoms with Crippen LogP contribution in [0.25, 0.3) is 0 Å². The van der Waals surface area contributed by atoms with E-state index in [4.69, 9.17) is 18.5 Å². The fourth-order valence-electron chi connectivity index (χ4n) is 7.06. The molecule has 0 amide bonds. The molecule has 1 fully saturated rings. The number of unbranched alkanes of at least 4 members (excludes halogenated alkanes) is 11. The van der Waals surface area contributed by atoms with Crippen LogP contribution in [0, 0.1) is 11.8 Å². The largest absolute Gasteiger partial charge is 0.756 e. The fraction of sp³-hybridized carbons (Fsp3) is 0.740. The zero-order valence-corrected chi connectivity index (χ0v) is 40.6. The number of ketones is 1. The average molecular weight is 908 g/mol.